The third-order valence-corrected chi connectivity index (χ3v) is 5.99. The van der Waals surface area contributed by atoms with Crippen LogP contribution in [0.25, 0.3) is 0 Å². The van der Waals surface area contributed by atoms with Crippen LogP contribution in [0.4, 0.5) is 0 Å². The van der Waals surface area contributed by atoms with E-state index in [1.807, 2.05) is 6.07 Å². The molecule has 0 heterocycles. The smallest absolute Gasteiger partial charge is 0.123 e. The Morgan fingerprint density at radius 3 is 2.56 bits per heavy atom. The predicted molar refractivity (Wildman–Crippen MR) is 112 cm³/mol. The summed E-state index contributed by atoms with van der Waals surface area (Å²) in [5.74, 6) is 1.39. The zero-order valence-electron chi connectivity index (χ0n) is 17.1. The summed E-state index contributed by atoms with van der Waals surface area (Å²) in [6, 6.07) is 17.2. The lowest BCUT2D eigenvalue weighted by atomic mass is 9.78. The molecule has 1 saturated carbocycles. The molecule has 2 atom stereocenters. The lowest BCUT2D eigenvalue weighted by molar-refractivity contribution is 0.118. The average Bonchev–Trinajstić information content (AvgIpc) is 2.67. The number of hydrogen-bond donors (Lipinski definition) is 1. The van der Waals surface area contributed by atoms with Gasteiger partial charge < -0.3 is 9.84 Å². The molecule has 27 heavy (non-hydrogen) atoms. The quantitative estimate of drug-likeness (QED) is 0.617. The summed E-state index contributed by atoms with van der Waals surface area (Å²) < 4.78 is 6.34. The van der Waals surface area contributed by atoms with Crippen LogP contribution in [0.2, 0.25) is 0 Å². The molecule has 1 aliphatic rings. The number of aliphatic hydroxyl groups excluding tert-OH is 1. The first-order valence-corrected chi connectivity index (χ1v) is 10.5. The minimum Gasteiger partial charge on any atom is -0.489 e. The van der Waals surface area contributed by atoms with E-state index in [0.29, 0.717) is 12.5 Å². The summed E-state index contributed by atoms with van der Waals surface area (Å²) in [5.41, 5.74) is 3.93. The van der Waals surface area contributed by atoms with Gasteiger partial charge in [0, 0.05) is 0 Å². The topological polar surface area (TPSA) is 29.5 Å². The Morgan fingerprint density at radius 1 is 1.07 bits per heavy atom. The summed E-state index contributed by atoms with van der Waals surface area (Å²) >= 11 is 0. The Hall–Kier alpha value is -1.80. The van der Waals surface area contributed by atoms with E-state index in [9.17, 15) is 5.11 Å². The van der Waals surface area contributed by atoms with Crippen molar-refractivity contribution in [1.82, 2.24) is 0 Å². The van der Waals surface area contributed by atoms with Crippen LogP contribution >= 0.6 is 0 Å². The highest BCUT2D eigenvalue weighted by molar-refractivity contribution is 5.43. The summed E-state index contributed by atoms with van der Waals surface area (Å²) in [6.45, 7) is 7.46. The molecular weight excluding hydrogens is 332 g/mol. The van der Waals surface area contributed by atoms with Gasteiger partial charge in [0.2, 0.25) is 0 Å². The number of rotatable bonds is 7. The average molecular weight is 367 g/mol. The highest BCUT2D eigenvalue weighted by Crippen LogP contribution is 2.40. The van der Waals surface area contributed by atoms with Crippen molar-refractivity contribution < 1.29 is 9.84 Å². The van der Waals surface area contributed by atoms with Crippen LogP contribution in [-0.2, 0) is 12.0 Å². The predicted octanol–water partition coefficient (Wildman–Crippen LogP) is 6.36. The van der Waals surface area contributed by atoms with Crippen molar-refractivity contribution in [2.24, 2.45) is 0 Å². The molecule has 3 rings (SSSR count). The van der Waals surface area contributed by atoms with E-state index in [2.05, 4.69) is 63.2 Å². The first-order chi connectivity index (χ1) is 13.0. The zero-order chi connectivity index (χ0) is 19.3. The molecule has 0 saturated heterocycles. The van der Waals surface area contributed by atoms with Crippen molar-refractivity contribution in [2.75, 3.05) is 0 Å². The van der Waals surface area contributed by atoms with Gasteiger partial charge in [-0.3, -0.25) is 0 Å². The largest absolute Gasteiger partial charge is 0.489 e. The van der Waals surface area contributed by atoms with Gasteiger partial charge in [-0.05, 0) is 59.8 Å². The van der Waals surface area contributed by atoms with Crippen molar-refractivity contribution in [1.29, 1.82) is 0 Å². The van der Waals surface area contributed by atoms with Gasteiger partial charge in [0.15, 0.2) is 0 Å². The summed E-state index contributed by atoms with van der Waals surface area (Å²) in [6.07, 6.45) is 6.15. The first kappa shape index (κ1) is 19.9. The third kappa shape index (κ3) is 5.13. The van der Waals surface area contributed by atoms with Crippen molar-refractivity contribution in [3.05, 3.63) is 65.2 Å². The normalized spacial score (nSPS) is 20.4. The summed E-state index contributed by atoms with van der Waals surface area (Å²) in [4.78, 5) is 0. The fraction of sp³-hybridized carbons (Fsp3) is 0.520. The Kier molecular flexibility index (Phi) is 6.59. The van der Waals surface area contributed by atoms with Gasteiger partial charge in [-0.1, -0.05) is 76.1 Å². The van der Waals surface area contributed by atoms with Crippen molar-refractivity contribution >= 4 is 0 Å². The van der Waals surface area contributed by atoms with Gasteiger partial charge in [0.05, 0.1) is 6.10 Å². The number of ether oxygens (including phenoxy) is 1. The molecule has 2 aromatic rings. The van der Waals surface area contributed by atoms with Crippen LogP contribution < -0.4 is 4.74 Å². The minimum atomic E-state index is -0.179. The molecule has 146 valence electrons. The Morgan fingerprint density at radius 2 is 1.85 bits per heavy atom. The van der Waals surface area contributed by atoms with Crippen LogP contribution in [-0.4, -0.2) is 11.2 Å². The van der Waals surface area contributed by atoms with Gasteiger partial charge in [0.1, 0.15) is 12.4 Å². The molecule has 0 spiro atoms. The van der Waals surface area contributed by atoms with Crippen LogP contribution in [0.3, 0.4) is 0 Å². The molecule has 0 aromatic heterocycles. The third-order valence-electron chi connectivity index (χ3n) is 5.99. The van der Waals surface area contributed by atoms with E-state index < -0.39 is 0 Å². The summed E-state index contributed by atoms with van der Waals surface area (Å²) in [7, 11) is 0. The Bertz CT molecular complexity index is 720. The molecule has 1 N–H and O–H groups in total. The van der Waals surface area contributed by atoms with Gasteiger partial charge in [-0.25, -0.2) is 0 Å². The van der Waals surface area contributed by atoms with Crippen LogP contribution in [0.1, 0.15) is 81.9 Å². The Balaban J connectivity index is 1.89. The molecule has 0 radical (unpaired) electrons. The maximum absolute atomic E-state index is 10.2. The second-order valence-corrected chi connectivity index (χ2v) is 8.68. The highest BCUT2D eigenvalue weighted by Gasteiger charge is 2.26. The second kappa shape index (κ2) is 8.93. The van der Waals surface area contributed by atoms with E-state index in [4.69, 9.17) is 4.74 Å². The molecule has 0 unspecified atom stereocenters. The number of benzene rings is 2. The van der Waals surface area contributed by atoms with Gasteiger partial charge in [0.25, 0.3) is 0 Å². The molecule has 1 aliphatic carbocycles. The van der Waals surface area contributed by atoms with Gasteiger partial charge in [-0.2, -0.15) is 0 Å². The molecule has 2 heteroatoms. The first-order valence-electron chi connectivity index (χ1n) is 10.5. The lowest BCUT2D eigenvalue weighted by Crippen LogP contribution is -2.20. The Labute approximate surface area is 164 Å². The van der Waals surface area contributed by atoms with E-state index in [-0.39, 0.29) is 11.5 Å². The molecule has 2 aromatic carbocycles. The van der Waals surface area contributed by atoms with E-state index >= 15 is 0 Å². The molecule has 2 nitrogen and oxygen atoms in total. The minimum absolute atomic E-state index is 0.143. The molecule has 0 amide bonds. The molecular formula is C25H34O2. The lowest BCUT2D eigenvalue weighted by Gasteiger charge is -2.30. The maximum Gasteiger partial charge on any atom is 0.123 e. The maximum atomic E-state index is 10.2. The standard InChI is InChI=1S/C25H34O2/c1-4-15-25(2,3)21-13-14-23(20-11-8-12-22(26)16-20)24(17-21)27-18-19-9-6-5-7-10-19/h5-7,9-10,13-14,17,20,22,26H,4,8,11-12,15-16,18H2,1-3H3/t20-,22+/m1/s1. The second-order valence-electron chi connectivity index (χ2n) is 8.68. The van der Waals surface area contributed by atoms with Crippen LogP contribution in [0, 0.1) is 0 Å². The van der Waals surface area contributed by atoms with E-state index in [1.54, 1.807) is 0 Å². The van der Waals surface area contributed by atoms with Gasteiger partial charge >= 0.3 is 0 Å². The van der Waals surface area contributed by atoms with Crippen molar-refractivity contribution in [2.45, 2.75) is 83.3 Å². The van der Waals surface area contributed by atoms with Crippen molar-refractivity contribution in [3.63, 3.8) is 0 Å². The monoisotopic (exact) mass is 366 g/mol. The number of hydrogen-bond acceptors (Lipinski definition) is 2. The fourth-order valence-electron chi connectivity index (χ4n) is 4.37. The van der Waals surface area contributed by atoms with Gasteiger partial charge in [-0.15, -0.1) is 0 Å². The van der Waals surface area contributed by atoms with E-state index in [1.165, 1.54) is 23.1 Å². The van der Waals surface area contributed by atoms with Crippen molar-refractivity contribution in [3.8, 4) is 5.75 Å². The van der Waals surface area contributed by atoms with Crippen LogP contribution in [0.5, 0.6) is 5.75 Å². The molecule has 1 fully saturated rings. The molecule has 0 aliphatic heterocycles. The number of aliphatic hydroxyl groups is 1. The summed E-state index contributed by atoms with van der Waals surface area (Å²) in [5, 5.41) is 10.2. The van der Waals surface area contributed by atoms with E-state index in [0.717, 1.165) is 37.9 Å². The SMILES string of the molecule is CCCC(C)(C)c1ccc([C@@H]2CCC[C@H](O)C2)c(OCc2ccccc2)c1. The molecule has 0 bridgehead atoms. The van der Waals surface area contributed by atoms with Crippen LogP contribution in [0.15, 0.2) is 48.5 Å². The zero-order valence-corrected chi connectivity index (χ0v) is 17.1. The fourth-order valence-corrected chi connectivity index (χ4v) is 4.37. The highest BCUT2D eigenvalue weighted by atomic mass is 16.5.